The number of rotatable bonds is 3. The van der Waals surface area contributed by atoms with Gasteiger partial charge in [0.25, 0.3) is 0 Å². The van der Waals surface area contributed by atoms with Crippen LogP contribution >= 0.6 is 11.6 Å². The van der Waals surface area contributed by atoms with E-state index in [1.807, 2.05) is 30.3 Å². The zero-order valence-corrected chi connectivity index (χ0v) is 13.2. The summed E-state index contributed by atoms with van der Waals surface area (Å²) in [5, 5.41) is 4.21. The third-order valence-corrected chi connectivity index (χ3v) is 3.84. The summed E-state index contributed by atoms with van der Waals surface area (Å²) in [6.07, 6.45) is 3.39. The molecular formula is C18H12ClFN4. The molecule has 4 aromatic rings. The summed E-state index contributed by atoms with van der Waals surface area (Å²) in [6, 6.07) is 16.2. The number of nitrogens with zero attached hydrogens (tertiary/aromatic N) is 3. The van der Waals surface area contributed by atoms with Gasteiger partial charge in [0, 0.05) is 28.5 Å². The number of hydrogen-bond acceptors (Lipinski definition) is 3. The van der Waals surface area contributed by atoms with Crippen molar-refractivity contribution in [1.29, 1.82) is 0 Å². The Morgan fingerprint density at radius 1 is 1.04 bits per heavy atom. The van der Waals surface area contributed by atoms with Crippen LogP contribution in [0.4, 0.5) is 16.0 Å². The molecule has 4 rings (SSSR count). The molecule has 2 heterocycles. The number of aromatic nitrogens is 3. The number of anilines is 2. The normalized spacial score (nSPS) is 10.9. The first kappa shape index (κ1) is 14.7. The molecule has 0 saturated carbocycles. The van der Waals surface area contributed by atoms with Crippen LogP contribution in [0.3, 0.4) is 0 Å². The minimum Gasteiger partial charge on any atom is -0.324 e. The standard InChI is InChI=1S/C18H12ClFN4/c19-13-10-12-7-9-24(17(12)15(20)11-13)16-6-8-21-18(23-16)22-14-4-2-1-3-5-14/h1-11H,(H,21,22,23). The summed E-state index contributed by atoms with van der Waals surface area (Å²) >= 11 is 5.91. The van der Waals surface area contributed by atoms with Gasteiger partial charge in [-0.3, -0.25) is 4.57 Å². The Hall–Kier alpha value is -2.92. The van der Waals surface area contributed by atoms with Crippen LogP contribution < -0.4 is 5.32 Å². The summed E-state index contributed by atoms with van der Waals surface area (Å²) in [4.78, 5) is 8.68. The molecule has 0 spiro atoms. The third kappa shape index (κ3) is 2.70. The van der Waals surface area contributed by atoms with Gasteiger partial charge in [-0.05, 0) is 36.4 Å². The smallest absolute Gasteiger partial charge is 0.229 e. The van der Waals surface area contributed by atoms with Crippen molar-refractivity contribution in [3.8, 4) is 5.82 Å². The Kier molecular flexibility index (Phi) is 3.63. The predicted octanol–water partition coefficient (Wildman–Crippen LogP) is 4.96. The average Bonchev–Trinajstić information content (AvgIpc) is 3.00. The molecular weight excluding hydrogens is 327 g/mol. The Labute approximate surface area is 142 Å². The quantitative estimate of drug-likeness (QED) is 0.574. The molecule has 0 aliphatic heterocycles. The van der Waals surface area contributed by atoms with Crippen molar-refractivity contribution in [2.75, 3.05) is 5.32 Å². The Morgan fingerprint density at radius 2 is 1.88 bits per heavy atom. The van der Waals surface area contributed by atoms with E-state index in [0.29, 0.717) is 22.3 Å². The lowest BCUT2D eigenvalue weighted by atomic mass is 10.2. The maximum absolute atomic E-state index is 14.3. The number of benzene rings is 2. The van der Waals surface area contributed by atoms with Crippen LogP contribution in [0, 0.1) is 5.82 Å². The van der Waals surface area contributed by atoms with Crippen LogP contribution in [-0.2, 0) is 0 Å². The van der Waals surface area contributed by atoms with E-state index in [4.69, 9.17) is 11.6 Å². The van der Waals surface area contributed by atoms with Crippen molar-refractivity contribution in [2.45, 2.75) is 0 Å². The number of para-hydroxylation sites is 1. The lowest BCUT2D eigenvalue weighted by Gasteiger charge is -2.08. The van der Waals surface area contributed by atoms with Crippen LogP contribution in [0.25, 0.3) is 16.7 Å². The molecule has 118 valence electrons. The van der Waals surface area contributed by atoms with Gasteiger partial charge in [-0.1, -0.05) is 29.8 Å². The molecule has 2 aromatic heterocycles. The largest absolute Gasteiger partial charge is 0.324 e. The lowest BCUT2D eigenvalue weighted by molar-refractivity contribution is 0.634. The fourth-order valence-electron chi connectivity index (χ4n) is 2.58. The number of nitrogens with one attached hydrogen (secondary N) is 1. The summed E-state index contributed by atoms with van der Waals surface area (Å²) in [6.45, 7) is 0. The minimum absolute atomic E-state index is 0.367. The van der Waals surface area contributed by atoms with Gasteiger partial charge in [-0.15, -0.1) is 0 Å². The molecule has 0 amide bonds. The molecule has 1 N–H and O–H groups in total. The molecule has 4 nitrogen and oxygen atoms in total. The van der Waals surface area contributed by atoms with Crippen molar-refractivity contribution in [1.82, 2.24) is 14.5 Å². The van der Waals surface area contributed by atoms with E-state index in [2.05, 4.69) is 15.3 Å². The van der Waals surface area contributed by atoms with Crippen molar-refractivity contribution in [2.24, 2.45) is 0 Å². The van der Waals surface area contributed by atoms with Crippen LogP contribution in [-0.4, -0.2) is 14.5 Å². The Balaban J connectivity index is 1.77. The van der Waals surface area contributed by atoms with Gasteiger partial charge in [-0.25, -0.2) is 9.37 Å². The Bertz CT molecular complexity index is 1010. The number of hydrogen-bond donors (Lipinski definition) is 1. The van der Waals surface area contributed by atoms with Crippen molar-refractivity contribution in [3.63, 3.8) is 0 Å². The van der Waals surface area contributed by atoms with Gasteiger partial charge < -0.3 is 5.32 Å². The summed E-state index contributed by atoms with van der Waals surface area (Å²) in [5.41, 5.74) is 1.31. The molecule has 0 aliphatic rings. The van der Waals surface area contributed by atoms with E-state index in [1.165, 1.54) is 6.07 Å². The van der Waals surface area contributed by atoms with Gasteiger partial charge in [0.1, 0.15) is 11.6 Å². The first-order valence-electron chi connectivity index (χ1n) is 7.32. The highest BCUT2D eigenvalue weighted by molar-refractivity contribution is 6.31. The van der Waals surface area contributed by atoms with Gasteiger partial charge in [0.2, 0.25) is 5.95 Å². The molecule has 6 heteroatoms. The second-order valence-electron chi connectivity index (χ2n) is 5.24. The second-order valence-corrected chi connectivity index (χ2v) is 5.68. The summed E-state index contributed by atoms with van der Waals surface area (Å²) in [7, 11) is 0. The van der Waals surface area contributed by atoms with Gasteiger partial charge in [0.05, 0.1) is 5.52 Å². The second kappa shape index (κ2) is 5.94. The zero-order valence-electron chi connectivity index (χ0n) is 12.4. The zero-order chi connectivity index (χ0) is 16.5. The summed E-state index contributed by atoms with van der Waals surface area (Å²) < 4.78 is 16.0. The molecule has 0 radical (unpaired) electrons. The highest BCUT2D eigenvalue weighted by Crippen LogP contribution is 2.26. The third-order valence-electron chi connectivity index (χ3n) is 3.62. The fraction of sp³-hybridized carbons (Fsp3) is 0. The van der Waals surface area contributed by atoms with Crippen LogP contribution in [0.15, 0.2) is 67.0 Å². The molecule has 0 aliphatic carbocycles. The average molecular weight is 339 g/mol. The highest BCUT2D eigenvalue weighted by atomic mass is 35.5. The van der Waals surface area contributed by atoms with Crippen molar-refractivity contribution < 1.29 is 4.39 Å². The van der Waals surface area contributed by atoms with Gasteiger partial charge in [0.15, 0.2) is 0 Å². The minimum atomic E-state index is -0.390. The van der Waals surface area contributed by atoms with E-state index < -0.39 is 5.82 Å². The van der Waals surface area contributed by atoms with Crippen molar-refractivity contribution in [3.05, 3.63) is 77.8 Å². The SMILES string of the molecule is Fc1cc(Cl)cc2ccn(-c3ccnc(Nc4ccccc4)n3)c12. The maximum atomic E-state index is 14.3. The number of fused-ring (bicyclic) bond motifs is 1. The highest BCUT2D eigenvalue weighted by Gasteiger charge is 2.11. The van der Waals surface area contributed by atoms with Crippen LogP contribution in [0.1, 0.15) is 0 Å². The first-order chi connectivity index (χ1) is 11.7. The topological polar surface area (TPSA) is 42.7 Å². The van der Waals surface area contributed by atoms with Crippen molar-refractivity contribution >= 4 is 34.1 Å². The first-order valence-corrected chi connectivity index (χ1v) is 7.70. The Morgan fingerprint density at radius 3 is 2.71 bits per heavy atom. The van der Waals surface area contributed by atoms with Gasteiger partial charge in [-0.2, -0.15) is 4.98 Å². The number of halogens is 2. The van der Waals surface area contributed by atoms with Gasteiger partial charge >= 0.3 is 0 Å². The fourth-order valence-corrected chi connectivity index (χ4v) is 2.79. The molecule has 24 heavy (non-hydrogen) atoms. The van der Waals surface area contributed by atoms with Crippen LogP contribution in [0.2, 0.25) is 5.02 Å². The molecule has 0 atom stereocenters. The molecule has 0 saturated heterocycles. The molecule has 2 aromatic carbocycles. The maximum Gasteiger partial charge on any atom is 0.229 e. The van der Waals surface area contributed by atoms with E-state index in [9.17, 15) is 4.39 Å². The monoisotopic (exact) mass is 338 g/mol. The summed E-state index contributed by atoms with van der Waals surface area (Å²) in [5.74, 6) is 0.619. The molecule has 0 bridgehead atoms. The van der Waals surface area contributed by atoms with E-state index >= 15 is 0 Å². The predicted molar refractivity (Wildman–Crippen MR) is 93.6 cm³/mol. The van der Waals surface area contributed by atoms with E-state index in [-0.39, 0.29) is 0 Å². The molecule has 0 unspecified atom stereocenters. The van der Waals surface area contributed by atoms with E-state index in [1.54, 1.807) is 35.2 Å². The van der Waals surface area contributed by atoms with E-state index in [0.717, 1.165) is 11.1 Å². The molecule has 0 fully saturated rings. The van der Waals surface area contributed by atoms with Crippen LogP contribution in [0.5, 0.6) is 0 Å². The lowest BCUT2D eigenvalue weighted by Crippen LogP contribution is -2.02.